The third-order valence-electron chi connectivity index (χ3n) is 2.63. The highest BCUT2D eigenvalue weighted by atomic mass is 19.1. The van der Waals surface area contributed by atoms with Gasteiger partial charge in [-0.25, -0.2) is 4.39 Å². The van der Waals surface area contributed by atoms with Crippen molar-refractivity contribution in [2.24, 2.45) is 5.73 Å². The lowest BCUT2D eigenvalue weighted by Crippen LogP contribution is -2.29. The molecule has 4 nitrogen and oxygen atoms in total. The number of aryl methyl sites for hydroxylation is 1. The fourth-order valence-corrected chi connectivity index (χ4v) is 1.73. The van der Waals surface area contributed by atoms with Crippen molar-refractivity contribution in [2.75, 3.05) is 0 Å². The number of primary amides is 1. The molecular weight excluding hydrogens is 235 g/mol. The molecule has 1 heterocycles. The molecule has 92 valence electrons. The maximum absolute atomic E-state index is 12.8. The number of aromatic nitrogens is 1. The van der Waals surface area contributed by atoms with Crippen molar-refractivity contribution in [3.63, 3.8) is 0 Å². The van der Waals surface area contributed by atoms with Crippen LogP contribution in [0.1, 0.15) is 16.1 Å². The van der Waals surface area contributed by atoms with E-state index in [9.17, 15) is 14.0 Å². The predicted molar refractivity (Wildman–Crippen MR) is 65.3 cm³/mol. The molecule has 0 spiro atoms. The van der Waals surface area contributed by atoms with Crippen LogP contribution in [0.3, 0.4) is 0 Å². The summed E-state index contributed by atoms with van der Waals surface area (Å²) in [6.45, 7) is 1.72. The minimum Gasteiger partial charge on any atom is -0.365 e. The van der Waals surface area contributed by atoms with Gasteiger partial charge in [0.1, 0.15) is 11.4 Å². The highest BCUT2D eigenvalue weighted by molar-refractivity contribution is 5.92. The normalized spacial score (nSPS) is 10.3. The van der Waals surface area contributed by atoms with E-state index in [1.807, 2.05) is 0 Å². The quantitative estimate of drug-likeness (QED) is 0.870. The van der Waals surface area contributed by atoms with Crippen molar-refractivity contribution in [3.05, 3.63) is 63.8 Å². The summed E-state index contributed by atoms with van der Waals surface area (Å²) in [5.41, 5.74) is 5.65. The van der Waals surface area contributed by atoms with Crippen LogP contribution in [0.4, 0.5) is 4.39 Å². The fraction of sp³-hybridized carbons (Fsp3) is 0.0769. The zero-order chi connectivity index (χ0) is 13.3. The van der Waals surface area contributed by atoms with Gasteiger partial charge in [-0.1, -0.05) is 0 Å². The predicted octanol–water partition coefficient (Wildman–Crippen LogP) is 1.38. The van der Waals surface area contributed by atoms with E-state index in [0.717, 1.165) is 0 Å². The van der Waals surface area contributed by atoms with Crippen LogP contribution < -0.4 is 11.3 Å². The fourth-order valence-electron chi connectivity index (χ4n) is 1.73. The summed E-state index contributed by atoms with van der Waals surface area (Å²) in [6, 6.07) is 8.43. The van der Waals surface area contributed by atoms with E-state index in [1.54, 1.807) is 13.0 Å². The molecule has 2 rings (SSSR count). The molecule has 0 fully saturated rings. The number of rotatable bonds is 2. The van der Waals surface area contributed by atoms with E-state index < -0.39 is 17.3 Å². The average molecular weight is 246 g/mol. The minimum absolute atomic E-state index is 0.0927. The first-order chi connectivity index (χ1) is 8.50. The number of carbonyl (C=O) groups is 1. The van der Waals surface area contributed by atoms with Crippen molar-refractivity contribution < 1.29 is 9.18 Å². The molecule has 0 aliphatic heterocycles. The lowest BCUT2D eigenvalue weighted by Gasteiger charge is -2.10. The molecule has 0 aliphatic carbocycles. The van der Waals surface area contributed by atoms with E-state index in [0.29, 0.717) is 11.4 Å². The summed E-state index contributed by atoms with van der Waals surface area (Å²) in [7, 11) is 0. The van der Waals surface area contributed by atoms with Crippen LogP contribution in [0.2, 0.25) is 0 Å². The Labute approximate surface area is 102 Å². The molecule has 18 heavy (non-hydrogen) atoms. The van der Waals surface area contributed by atoms with E-state index in [4.69, 9.17) is 5.73 Å². The first-order valence-electron chi connectivity index (χ1n) is 5.29. The van der Waals surface area contributed by atoms with Gasteiger partial charge in [0, 0.05) is 11.4 Å². The van der Waals surface area contributed by atoms with Crippen LogP contribution >= 0.6 is 0 Å². The third-order valence-corrected chi connectivity index (χ3v) is 2.63. The second-order valence-electron chi connectivity index (χ2n) is 3.87. The van der Waals surface area contributed by atoms with Crippen molar-refractivity contribution in [1.29, 1.82) is 0 Å². The zero-order valence-corrected chi connectivity index (χ0v) is 9.68. The Hall–Kier alpha value is -2.43. The summed E-state index contributed by atoms with van der Waals surface area (Å²) in [5.74, 6) is -1.17. The second-order valence-corrected chi connectivity index (χ2v) is 3.87. The summed E-state index contributed by atoms with van der Waals surface area (Å²) in [4.78, 5) is 23.2. The molecule has 1 aromatic heterocycles. The van der Waals surface area contributed by atoms with E-state index in [2.05, 4.69) is 0 Å². The van der Waals surface area contributed by atoms with Gasteiger partial charge in [-0.15, -0.1) is 0 Å². The molecule has 2 aromatic rings. The molecule has 0 saturated heterocycles. The van der Waals surface area contributed by atoms with Crippen LogP contribution in [0.5, 0.6) is 0 Å². The minimum atomic E-state index is -0.782. The molecule has 0 radical (unpaired) electrons. The lowest BCUT2D eigenvalue weighted by molar-refractivity contribution is 0.0998. The molecular formula is C13H11FN2O2. The molecule has 0 atom stereocenters. The van der Waals surface area contributed by atoms with Gasteiger partial charge in [-0.2, -0.15) is 0 Å². The average Bonchev–Trinajstić information content (AvgIpc) is 2.31. The molecule has 0 unspecified atom stereocenters. The van der Waals surface area contributed by atoms with Crippen LogP contribution in [0.15, 0.2) is 41.2 Å². The number of carbonyl (C=O) groups excluding carboxylic acids is 1. The van der Waals surface area contributed by atoms with E-state index >= 15 is 0 Å². The van der Waals surface area contributed by atoms with Gasteiger partial charge in [0.15, 0.2) is 0 Å². The van der Waals surface area contributed by atoms with E-state index in [1.165, 1.54) is 34.9 Å². The van der Waals surface area contributed by atoms with Crippen LogP contribution in [-0.4, -0.2) is 10.5 Å². The van der Waals surface area contributed by atoms with Crippen molar-refractivity contribution in [3.8, 4) is 5.69 Å². The summed E-state index contributed by atoms with van der Waals surface area (Å²) < 4.78 is 14.2. The Morgan fingerprint density at radius 3 is 2.33 bits per heavy atom. The number of pyridine rings is 1. The maximum Gasteiger partial charge on any atom is 0.268 e. The monoisotopic (exact) mass is 246 g/mol. The molecule has 0 aliphatic rings. The van der Waals surface area contributed by atoms with Gasteiger partial charge in [0.2, 0.25) is 0 Å². The van der Waals surface area contributed by atoms with Crippen molar-refractivity contribution in [1.82, 2.24) is 4.57 Å². The number of hydrogen-bond donors (Lipinski definition) is 1. The van der Waals surface area contributed by atoms with E-state index in [-0.39, 0.29) is 5.56 Å². The van der Waals surface area contributed by atoms with Crippen molar-refractivity contribution >= 4 is 5.91 Å². The highest BCUT2D eigenvalue weighted by Gasteiger charge is 2.11. The number of hydrogen-bond acceptors (Lipinski definition) is 2. The molecule has 0 saturated carbocycles. The van der Waals surface area contributed by atoms with Gasteiger partial charge in [-0.3, -0.25) is 14.2 Å². The second kappa shape index (κ2) is 4.44. The summed E-state index contributed by atoms with van der Waals surface area (Å²) in [6.07, 6.45) is 0. The first kappa shape index (κ1) is 12.0. The number of nitrogens with two attached hydrogens (primary N) is 1. The maximum atomic E-state index is 12.8. The van der Waals surface area contributed by atoms with Crippen LogP contribution in [0.25, 0.3) is 5.69 Å². The summed E-state index contributed by atoms with van der Waals surface area (Å²) >= 11 is 0. The van der Waals surface area contributed by atoms with Gasteiger partial charge >= 0.3 is 0 Å². The van der Waals surface area contributed by atoms with Gasteiger partial charge in [0.05, 0.1) is 0 Å². The smallest absolute Gasteiger partial charge is 0.268 e. The number of benzene rings is 1. The molecule has 2 N–H and O–H groups in total. The number of halogens is 1. The van der Waals surface area contributed by atoms with Gasteiger partial charge in [0.25, 0.3) is 11.5 Å². The molecule has 0 bridgehead atoms. The van der Waals surface area contributed by atoms with Crippen LogP contribution in [0, 0.1) is 12.7 Å². The Bertz CT molecular complexity index is 660. The molecule has 5 heteroatoms. The SMILES string of the molecule is Cc1ccc(C(N)=O)c(=O)n1-c1ccc(F)cc1. The topological polar surface area (TPSA) is 65.1 Å². The Kier molecular flexibility index (Phi) is 2.97. The molecule has 1 amide bonds. The standard InChI is InChI=1S/C13H11FN2O2/c1-8-2-7-11(12(15)17)13(18)16(8)10-5-3-9(14)4-6-10/h2-7H,1H3,(H2,15,17). The lowest BCUT2D eigenvalue weighted by atomic mass is 10.2. The Balaban J connectivity index is 2.71. The van der Waals surface area contributed by atoms with Crippen LogP contribution in [-0.2, 0) is 0 Å². The Morgan fingerprint density at radius 1 is 1.17 bits per heavy atom. The van der Waals surface area contributed by atoms with Gasteiger partial charge < -0.3 is 5.73 Å². The van der Waals surface area contributed by atoms with Gasteiger partial charge in [-0.05, 0) is 43.3 Å². The van der Waals surface area contributed by atoms with Crippen molar-refractivity contribution in [2.45, 2.75) is 6.92 Å². The zero-order valence-electron chi connectivity index (χ0n) is 9.68. The third kappa shape index (κ3) is 2.02. The molecule has 1 aromatic carbocycles. The largest absolute Gasteiger partial charge is 0.365 e. The number of nitrogens with zero attached hydrogens (tertiary/aromatic N) is 1. The highest BCUT2D eigenvalue weighted by Crippen LogP contribution is 2.10. The Morgan fingerprint density at radius 2 is 1.78 bits per heavy atom. The number of amides is 1. The first-order valence-corrected chi connectivity index (χ1v) is 5.29. The summed E-state index contributed by atoms with van der Waals surface area (Å²) in [5, 5.41) is 0.